The summed E-state index contributed by atoms with van der Waals surface area (Å²) in [7, 11) is 0. The van der Waals surface area contributed by atoms with Crippen molar-refractivity contribution in [1.82, 2.24) is 5.48 Å². The van der Waals surface area contributed by atoms with Gasteiger partial charge in [-0.2, -0.15) is 0 Å². The lowest BCUT2D eigenvalue weighted by molar-refractivity contribution is -0.306. The summed E-state index contributed by atoms with van der Waals surface area (Å²) in [4.78, 5) is 3.94. The summed E-state index contributed by atoms with van der Waals surface area (Å²) in [6.07, 6.45) is 10.5. The monoisotopic (exact) mass is 287 g/mol. The lowest BCUT2D eigenvalue weighted by atomic mass is 10.2. The summed E-state index contributed by atoms with van der Waals surface area (Å²) in [5, 5.41) is 24.8. The molecule has 0 unspecified atom stereocenters. The Morgan fingerprint density at radius 1 is 1.10 bits per heavy atom. The van der Waals surface area contributed by atoms with E-state index in [-0.39, 0.29) is 0 Å². The van der Waals surface area contributed by atoms with E-state index in [2.05, 4.69) is 10.4 Å². The summed E-state index contributed by atoms with van der Waals surface area (Å²) < 4.78 is 0. The zero-order valence-corrected chi connectivity index (χ0v) is 13.3. The van der Waals surface area contributed by atoms with Crippen molar-refractivity contribution in [2.24, 2.45) is 0 Å². The van der Waals surface area contributed by atoms with Gasteiger partial charge in [-0.05, 0) is 60.1 Å². The SMILES string of the molecule is CC(C)(C)O.CC(C)(C)OO.ONC1=CC=CCC=C1. The fourth-order valence-electron chi connectivity index (χ4n) is 0.654. The molecule has 0 amide bonds. The van der Waals surface area contributed by atoms with Crippen LogP contribution in [0.2, 0.25) is 0 Å². The maximum atomic E-state index is 8.52. The molecule has 0 aromatic heterocycles. The van der Waals surface area contributed by atoms with Crippen LogP contribution in [0.1, 0.15) is 48.0 Å². The van der Waals surface area contributed by atoms with Crippen LogP contribution in [-0.4, -0.2) is 26.8 Å². The molecular formula is C15H29NO4. The zero-order valence-electron chi connectivity index (χ0n) is 13.3. The van der Waals surface area contributed by atoms with Crippen LogP contribution in [0.25, 0.3) is 0 Å². The average Bonchev–Trinajstić information content (AvgIpc) is 2.54. The fraction of sp³-hybridized carbons (Fsp3) is 0.600. The highest BCUT2D eigenvalue weighted by Gasteiger charge is 2.07. The number of nitrogens with one attached hydrogen (secondary N) is 1. The third-order valence-electron chi connectivity index (χ3n) is 1.38. The molecular weight excluding hydrogens is 258 g/mol. The van der Waals surface area contributed by atoms with Crippen molar-refractivity contribution in [1.29, 1.82) is 0 Å². The van der Waals surface area contributed by atoms with Gasteiger partial charge in [-0.3, -0.25) is 15.9 Å². The number of hydroxylamine groups is 1. The highest BCUT2D eigenvalue weighted by molar-refractivity contribution is 5.24. The molecule has 0 fully saturated rings. The first-order valence-corrected chi connectivity index (χ1v) is 6.48. The molecule has 0 aromatic rings. The minimum absolute atomic E-state index is 0.403. The highest BCUT2D eigenvalue weighted by Crippen LogP contribution is 2.01. The van der Waals surface area contributed by atoms with Crippen LogP contribution in [0.4, 0.5) is 0 Å². The summed E-state index contributed by atoms with van der Waals surface area (Å²) in [5.41, 5.74) is 1.89. The summed E-state index contributed by atoms with van der Waals surface area (Å²) in [6, 6.07) is 0. The van der Waals surface area contributed by atoms with Crippen LogP contribution in [0.5, 0.6) is 0 Å². The summed E-state index contributed by atoms with van der Waals surface area (Å²) in [6.45, 7) is 10.5. The second-order valence-electron chi connectivity index (χ2n) is 6.17. The molecule has 20 heavy (non-hydrogen) atoms. The molecule has 5 nitrogen and oxygen atoms in total. The number of hydrogen-bond acceptors (Lipinski definition) is 5. The maximum Gasteiger partial charge on any atom is 0.0949 e. The number of rotatable bonds is 1. The van der Waals surface area contributed by atoms with Crippen LogP contribution in [0, 0.1) is 0 Å². The molecule has 118 valence electrons. The third kappa shape index (κ3) is 25.6. The predicted octanol–water partition coefficient (Wildman–Crippen LogP) is 3.42. The van der Waals surface area contributed by atoms with E-state index in [1.54, 1.807) is 41.5 Å². The van der Waals surface area contributed by atoms with Gasteiger partial charge in [0.15, 0.2) is 0 Å². The zero-order chi connectivity index (χ0) is 16.2. The van der Waals surface area contributed by atoms with E-state index < -0.39 is 11.2 Å². The summed E-state index contributed by atoms with van der Waals surface area (Å²) >= 11 is 0. The molecule has 0 aliphatic heterocycles. The van der Waals surface area contributed by atoms with Crippen molar-refractivity contribution in [3.05, 3.63) is 36.1 Å². The Morgan fingerprint density at radius 2 is 1.55 bits per heavy atom. The number of hydrogen-bond donors (Lipinski definition) is 4. The van der Waals surface area contributed by atoms with E-state index in [1.165, 1.54) is 0 Å². The average molecular weight is 287 g/mol. The van der Waals surface area contributed by atoms with E-state index in [1.807, 2.05) is 30.4 Å². The van der Waals surface area contributed by atoms with Gasteiger partial charge in [-0.25, -0.2) is 4.89 Å². The molecule has 1 aliphatic rings. The smallest absolute Gasteiger partial charge is 0.0949 e. The van der Waals surface area contributed by atoms with Gasteiger partial charge in [0.2, 0.25) is 0 Å². The van der Waals surface area contributed by atoms with Gasteiger partial charge in [-0.1, -0.05) is 18.2 Å². The van der Waals surface area contributed by atoms with Gasteiger partial charge in [0.25, 0.3) is 0 Å². The Labute approximate surface area is 122 Å². The van der Waals surface area contributed by atoms with Crippen LogP contribution in [-0.2, 0) is 4.89 Å². The van der Waals surface area contributed by atoms with E-state index in [9.17, 15) is 0 Å². The van der Waals surface area contributed by atoms with Gasteiger partial charge >= 0.3 is 0 Å². The number of aliphatic hydroxyl groups is 1. The largest absolute Gasteiger partial charge is 0.391 e. The van der Waals surface area contributed by atoms with Crippen molar-refractivity contribution in [3.63, 3.8) is 0 Å². The van der Waals surface area contributed by atoms with E-state index in [0.29, 0.717) is 0 Å². The van der Waals surface area contributed by atoms with E-state index in [4.69, 9.17) is 15.6 Å². The Kier molecular flexibility index (Phi) is 11.2. The van der Waals surface area contributed by atoms with Crippen molar-refractivity contribution in [2.45, 2.75) is 59.2 Å². The second kappa shape index (κ2) is 10.6. The normalized spacial score (nSPS) is 14.2. The topological polar surface area (TPSA) is 82.0 Å². The van der Waals surface area contributed by atoms with E-state index in [0.717, 1.165) is 12.1 Å². The van der Waals surface area contributed by atoms with Gasteiger partial charge in [-0.15, -0.1) is 0 Å². The van der Waals surface area contributed by atoms with Gasteiger partial charge in [0, 0.05) is 0 Å². The molecule has 0 saturated carbocycles. The molecule has 5 heteroatoms. The first kappa shape index (κ1) is 21.2. The Hall–Kier alpha value is -1.14. The number of allylic oxidation sites excluding steroid dienone is 5. The van der Waals surface area contributed by atoms with E-state index >= 15 is 0 Å². The molecule has 0 saturated heterocycles. The fourth-order valence-corrected chi connectivity index (χ4v) is 0.654. The molecule has 1 rings (SSSR count). The van der Waals surface area contributed by atoms with Gasteiger partial charge < -0.3 is 5.11 Å². The Bertz CT molecular complexity index is 314. The van der Waals surface area contributed by atoms with Gasteiger partial charge in [0.05, 0.1) is 16.9 Å². The molecule has 0 atom stereocenters. The van der Waals surface area contributed by atoms with Crippen LogP contribution in [0.3, 0.4) is 0 Å². The maximum absolute atomic E-state index is 8.52. The second-order valence-corrected chi connectivity index (χ2v) is 6.17. The molecule has 1 aliphatic carbocycles. The van der Waals surface area contributed by atoms with Crippen molar-refractivity contribution < 1.29 is 20.5 Å². The Balaban J connectivity index is 0. The quantitative estimate of drug-likeness (QED) is 0.439. The first-order valence-electron chi connectivity index (χ1n) is 6.48. The molecule has 0 aromatic carbocycles. The predicted molar refractivity (Wildman–Crippen MR) is 81.3 cm³/mol. The van der Waals surface area contributed by atoms with Crippen LogP contribution >= 0.6 is 0 Å². The molecule has 4 N–H and O–H groups in total. The van der Waals surface area contributed by atoms with Crippen molar-refractivity contribution in [2.75, 3.05) is 0 Å². The highest BCUT2D eigenvalue weighted by atomic mass is 17.1. The first-order chi connectivity index (χ1) is 8.99. The van der Waals surface area contributed by atoms with Crippen molar-refractivity contribution >= 4 is 0 Å². The van der Waals surface area contributed by atoms with Crippen LogP contribution in [0.15, 0.2) is 36.1 Å². The lowest BCUT2D eigenvalue weighted by Gasteiger charge is -2.10. The molecule has 0 spiro atoms. The standard InChI is InChI=1S/C7H9NO.C4H10O2.C4H10O/c9-8-7-5-3-1-2-4-6-7;1-4(2,3)6-5;1-4(2,3)5/h1,3-6,8-9H,2H2;5H,1-3H3;5H,1-3H3. The minimum atomic E-state index is -0.500. The lowest BCUT2D eigenvalue weighted by Crippen LogP contribution is -2.15. The van der Waals surface area contributed by atoms with Crippen LogP contribution < -0.4 is 5.48 Å². The third-order valence-corrected chi connectivity index (χ3v) is 1.38. The molecule has 0 radical (unpaired) electrons. The Morgan fingerprint density at radius 3 is 1.90 bits per heavy atom. The molecule has 0 heterocycles. The summed E-state index contributed by atoms with van der Waals surface area (Å²) in [5.74, 6) is 0. The van der Waals surface area contributed by atoms with Gasteiger partial charge in [0.1, 0.15) is 0 Å². The minimum Gasteiger partial charge on any atom is -0.391 e. The molecule has 0 bridgehead atoms. The van der Waals surface area contributed by atoms with Crippen molar-refractivity contribution in [3.8, 4) is 0 Å².